The first-order valence-electron chi connectivity index (χ1n) is 8.87. The SMILES string of the molecule is COc1ccc(Sc2ccc(C(=O)N3CCC[C@@H](C)C3)cc2[N+](=O)[O-])cc1. The van der Waals surface area contributed by atoms with Crippen LogP contribution in [0.2, 0.25) is 0 Å². The zero-order valence-corrected chi connectivity index (χ0v) is 16.2. The molecule has 0 aromatic heterocycles. The van der Waals surface area contributed by atoms with Crippen LogP contribution in [-0.2, 0) is 0 Å². The molecule has 6 nitrogen and oxygen atoms in total. The molecule has 0 unspecified atom stereocenters. The van der Waals surface area contributed by atoms with Crippen LogP contribution in [0.5, 0.6) is 5.75 Å². The summed E-state index contributed by atoms with van der Waals surface area (Å²) in [7, 11) is 1.59. The van der Waals surface area contributed by atoms with Crippen molar-refractivity contribution in [2.24, 2.45) is 5.92 Å². The highest BCUT2D eigenvalue weighted by molar-refractivity contribution is 7.99. The van der Waals surface area contributed by atoms with Gasteiger partial charge < -0.3 is 9.64 Å². The van der Waals surface area contributed by atoms with Crippen molar-refractivity contribution in [3.05, 3.63) is 58.1 Å². The number of carbonyl (C=O) groups excluding carboxylic acids is 1. The Morgan fingerprint density at radius 3 is 2.63 bits per heavy atom. The third-order valence-corrected chi connectivity index (χ3v) is 5.71. The van der Waals surface area contributed by atoms with Crippen LogP contribution in [0.3, 0.4) is 0 Å². The summed E-state index contributed by atoms with van der Waals surface area (Å²) in [4.78, 5) is 27.0. The topological polar surface area (TPSA) is 72.7 Å². The number of likely N-dealkylation sites (tertiary alicyclic amines) is 1. The predicted octanol–water partition coefficient (Wildman–Crippen LogP) is 4.63. The second-order valence-electron chi connectivity index (χ2n) is 6.72. The van der Waals surface area contributed by atoms with Crippen LogP contribution in [0, 0.1) is 16.0 Å². The third-order valence-electron chi connectivity index (χ3n) is 4.63. The monoisotopic (exact) mass is 386 g/mol. The number of benzene rings is 2. The van der Waals surface area contributed by atoms with Gasteiger partial charge in [0.15, 0.2) is 0 Å². The fourth-order valence-electron chi connectivity index (χ4n) is 3.21. The predicted molar refractivity (Wildman–Crippen MR) is 105 cm³/mol. The zero-order chi connectivity index (χ0) is 19.4. The van der Waals surface area contributed by atoms with Gasteiger partial charge in [0.05, 0.1) is 16.9 Å². The minimum absolute atomic E-state index is 0.0493. The van der Waals surface area contributed by atoms with Gasteiger partial charge in [-0.2, -0.15) is 0 Å². The number of amides is 1. The Kier molecular flexibility index (Phi) is 6.01. The van der Waals surface area contributed by atoms with E-state index in [1.807, 2.05) is 24.3 Å². The van der Waals surface area contributed by atoms with Crippen LogP contribution in [0.15, 0.2) is 52.3 Å². The van der Waals surface area contributed by atoms with Crippen molar-refractivity contribution in [1.82, 2.24) is 4.90 Å². The maximum absolute atomic E-state index is 12.7. The van der Waals surface area contributed by atoms with Gasteiger partial charge >= 0.3 is 0 Å². The molecule has 1 heterocycles. The summed E-state index contributed by atoms with van der Waals surface area (Å²) in [5.74, 6) is 1.05. The van der Waals surface area contributed by atoms with Crippen LogP contribution in [-0.4, -0.2) is 35.9 Å². The van der Waals surface area contributed by atoms with E-state index in [0.29, 0.717) is 29.5 Å². The first-order valence-corrected chi connectivity index (χ1v) is 9.69. The van der Waals surface area contributed by atoms with E-state index in [0.717, 1.165) is 23.5 Å². The van der Waals surface area contributed by atoms with Gasteiger partial charge in [-0.15, -0.1) is 0 Å². The van der Waals surface area contributed by atoms with Crippen molar-refractivity contribution in [3.8, 4) is 5.75 Å². The molecule has 3 rings (SSSR count). The molecule has 2 aromatic rings. The highest BCUT2D eigenvalue weighted by Gasteiger charge is 2.25. The number of hydrogen-bond acceptors (Lipinski definition) is 5. The lowest BCUT2D eigenvalue weighted by molar-refractivity contribution is -0.387. The van der Waals surface area contributed by atoms with Gasteiger partial charge in [-0.05, 0) is 55.2 Å². The number of rotatable bonds is 5. The molecule has 1 aliphatic heterocycles. The number of ether oxygens (including phenoxy) is 1. The molecule has 0 saturated carbocycles. The van der Waals surface area contributed by atoms with Crippen LogP contribution in [0.25, 0.3) is 0 Å². The molecular formula is C20H22N2O4S. The summed E-state index contributed by atoms with van der Waals surface area (Å²) in [6, 6.07) is 12.1. The molecule has 2 aromatic carbocycles. The number of carbonyl (C=O) groups is 1. The maximum atomic E-state index is 12.7. The molecule has 1 saturated heterocycles. The van der Waals surface area contributed by atoms with Crippen molar-refractivity contribution in [1.29, 1.82) is 0 Å². The fourth-order valence-corrected chi connectivity index (χ4v) is 4.11. The average Bonchev–Trinajstić information content (AvgIpc) is 2.68. The third kappa shape index (κ3) is 4.60. The Hall–Kier alpha value is -2.54. The molecule has 0 spiro atoms. The summed E-state index contributed by atoms with van der Waals surface area (Å²) >= 11 is 1.30. The Balaban J connectivity index is 1.83. The van der Waals surface area contributed by atoms with Crippen molar-refractivity contribution in [3.63, 3.8) is 0 Å². The van der Waals surface area contributed by atoms with Crippen molar-refractivity contribution >= 4 is 23.4 Å². The molecule has 0 bridgehead atoms. The van der Waals surface area contributed by atoms with E-state index in [9.17, 15) is 14.9 Å². The Labute approximate surface area is 162 Å². The van der Waals surface area contributed by atoms with Crippen LogP contribution >= 0.6 is 11.8 Å². The van der Waals surface area contributed by atoms with E-state index in [-0.39, 0.29) is 11.6 Å². The average molecular weight is 386 g/mol. The van der Waals surface area contributed by atoms with Gasteiger partial charge in [-0.25, -0.2) is 0 Å². The van der Waals surface area contributed by atoms with Crippen LogP contribution < -0.4 is 4.74 Å². The largest absolute Gasteiger partial charge is 0.497 e. The lowest BCUT2D eigenvalue weighted by atomic mass is 9.99. The second kappa shape index (κ2) is 8.43. The quantitative estimate of drug-likeness (QED) is 0.553. The van der Waals surface area contributed by atoms with Gasteiger partial charge in [0.25, 0.3) is 11.6 Å². The number of hydrogen-bond donors (Lipinski definition) is 0. The van der Waals surface area contributed by atoms with Gasteiger partial charge in [0.1, 0.15) is 5.75 Å². The zero-order valence-electron chi connectivity index (χ0n) is 15.4. The van der Waals surface area contributed by atoms with E-state index >= 15 is 0 Å². The van der Waals surface area contributed by atoms with Gasteiger partial charge in [-0.3, -0.25) is 14.9 Å². The summed E-state index contributed by atoms with van der Waals surface area (Å²) in [6.45, 7) is 3.53. The molecule has 0 aliphatic carbocycles. The molecule has 0 N–H and O–H groups in total. The van der Waals surface area contributed by atoms with E-state index in [2.05, 4.69) is 6.92 Å². The molecule has 7 heteroatoms. The van der Waals surface area contributed by atoms with Crippen molar-refractivity contribution in [2.75, 3.05) is 20.2 Å². The Morgan fingerprint density at radius 2 is 2.00 bits per heavy atom. The highest BCUT2D eigenvalue weighted by atomic mass is 32.2. The van der Waals surface area contributed by atoms with Gasteiger partial charge in [0.2, 0.25) is 0 Å². The van der Waals surface area contributed by atoms with Crippen molar-refractivity contribution < 1.29 is 14.5 Å². The van der Waals surface area contributed by atoms with E-state index < -0.39 is 4.92 Å². The summed E-state index contributed by atoms with van der Waals surface area (Å²) in [6.07, 6.45) is 2.09. The first kappa shape index (κ1) is 19.2. The van der Waals surface area contributed by atoms with E-state index in [1.54, 1.807) is 24.1 Å². The Morgan fingerprint density at radius 1 is 1.26 bits per heavy atom. The van der Waals surface area contributed by atoms with E-state index in [1.165, 1.54) is 17.8 Å². The van der Waals surface area contributed by atoms with Crippen LogP contribution in [0.4, 0.5) is 5.69 Å². The molecule has 1 amide bonds. The second-order valence-corrected chi connectivity index (χ2v) is 7.83. The molecular weight excluding hydrogens is 364 g/mol. The standard InChI is InChI=1S/C20H22N2O4S/c1-14-4-3-11-21(13-14)20(23)15-5-10-19(18(12-15)22(24)25)27-17-8-6-16(26-2)7-9-17/h5-10,12,14H,3-4,11,13H2,1-2H3/t14-/m1/s1. The molecule has 0 radical (unpaired) electrons. The summed E-state index contributed by atoms with van der Waals surface area (Å²) in [5.41, 5.74) is 0.321. The molecule has 142 valence electrons. The number of methoxy groups -OCH3 is 1. The smallest absolute Gasteiger partial charge is 0.284 e. The minimum Gasteiger partial charge on any atom is -0.497 e. The molecule has 27 heavy (non-hydrogen) atoms. The van der Waals surface area contributed by atoms with Gasteiger partial charge in [0, 0.05) is 29.6 Å². The lowest BCUT2D eigenvalue weighted by Crippen LogP contribution is -2.39. The molecule has 1 fully saturated rings. The number of nitro benzene ring substituents is 1. The number of nitrogens with zero attached hydrogens (tertiary/aromatic N) is 2. The fraction of sp³-hybridized carbons (Fsp3) is 0.350. The molecule has 1 aliphatic rings. The van der Waals surface area contributed by atoms with Crippen LogP contribution in [0.1, 0.15) is 30.1 Å². The van der Waals surface area contributed by atoms with Gasteiger partial charge in [-0.1, -0.05) is 18.7 Å². The number of piperidine rings is 1. The van der Waals surface area contributed by atoms with Crippen molar-refractivity contribution in [2.45, 2.75) is 29.6 Å². The molecule has 1 atom stereocenters. The lowest BCUT2D eigenvalue weighted by Gasteiger charge is -2.31. The normalized spacial score (nSPS) is 16.8. The van der Waals surface area contributed by atoms with E-state index in [4.69, 9.17) is 4.74 Å². The summed E-state index contributed by atoms with van der Waals surface area (Å²) < 4.78 is 5.13. The maximum Gasteiger partial charge on any atom is 0.284 e. The Bertz CT molecular complexity index is 838. The summed E-state index contributed by atoms with van der Waals surface area (Å²) in [5, 5.41) is 11.6. The highest BCUT2D eigenvalue weighted by Crippen LogP contribution is 2.36. The first-order chi connectivity index (χ1) is 13.0. The number of nitro groups is 1. The minimum atomic E-state index is -0.429.